The Morgan fingerprint density at radius 2 is 2.12 bits per heavy atom. The average Bonchev–Trinajstić information content (AvgIpc) is 3.04. The summed E-state index contributed by atoms with van der Waals surface area (Å²) >= 11 is 0. The van der Waals surface area contributed by atoms with Crippen molar-refractivity contribution in [3.05, 3.63) is 46.4 Å². The molecular formula is C17H18BN5O2. The summed E-state index contributed by atoms with van der Waals surface area (Å²) in [5.41, 5.74) is 2.61. The molecule has 0 aliphatic heterocycles. The fourth-order valence-corrected chi connectivity index (χ4v) is 2.65. The number of hydrogen-bond acceptors (Lipinski definition) is 5. The number of rotatable bonds is 6. The topological polar surface area (TPSA) is 86.0 Å². The summed E-state index contributed by atoms with van der Waals surface area (Å²) in [6, 6.07) is 7.93. The van der Waals surface area contributed by atoms with E-state index in [1.54, 1.807) is 11.1 Å². The number of imidazole rings is 1. The molecule has 126 valence electrons. The van der Waals surface area contributed by atoms with Crippen molar-refractivity contribution in [3.63, 3.8) is 0 Å². The lowest BCUT2D eigenvalue weighted by Crippen LogP contribution is -2.31. The summed E-state index contributed by atoms with van der Waals surface area (Å²) in [6.07, 6.45) is 1.78. The summed E-state index contributed by atoms with van der Waals surface area (Å²) in [5.74, 6) is 0.674. The number of hydrogen-bond donors (Lipinski definition) is 2. The first kappa shape index (κ1) is 17.0. The van der Waals surface area contributed by atoms with Crippen LogP contribution in [0.5, 0.6) is 0 Å². The van der Waals surface area contributed by atoms with Gasteiger partial charge in [-0.15, -0.1) is 0 Å². The molecule has 0 bridgehead atoms. The van der Waals surface area contributed by atoms with Crippen molar-refractivity contribution in [1.29, 1.82) is 0 Å². The lowest BCUT2D eigenvalue weighted by molar-refractivity contribution is 0.303. The van der Waals surface area contributed by atoms with Gasteiger partial charge in [-0.2, -0.15) is 4.98 Å². The molecule has 0 atom stereocenters. The third-order valence-electron chi connectivity index (χ3n) is 3.99. The number of anilines is 1. The van der Waals surface area contributed by atoms with Crippen LogP contribution < -0.4 is 10.5 Å². The number of nitrogens with one attached hydrogen (secondary N) is 1. The minimum absolute atomic E-state index is 0.0945. The molecule has 0 aliphatic rings. The Morgan fingerprint density at radius 1 is 1.40 bits per heavy atom. The predicted octanol–water partition coefficient (Wildman–Crippen LogP) is 1.25. The van der Waals surface area contributed by atoms with Gasteiger partial charge in [0.15, 0.2) is 11.5 Å². The Balaban J connectivity index is 2.19. The van der Waals surface area contributed by atoms with E-state index >= 15 is 0 Å². The fraction of sp³-hybridized carbons (Fsp3) is 0.235. The van der Waals surface area contributed by atoms with E-state index in [1.165, 1.54) is 4.40 Å². The van der Waals surface area contributed by atoms with Crippen LogP contribution in [0.4, 0.5) is 11.5 Å². The molecule has 0 saturated carbocycles. The summed E-state index contributed by atoms with van der Waals surface area (Å²) in [6.45, 7) is 5.61. The summed E-state index contributed by atoms with van der Waals surface area (Å²) in [5, 5.41) is 9.19. The highest BCUT2D eigenvalue weighted by atomic mass is 16.3. The van der Waals surface area contributed by atoms with Gasteiger partial charge in [0.2, 0.25) is 5.78 Å². The zero-order chi connectivity index (χ0) is 18.0. The van der Waals surface area contributed by atoms with Crippen molar-refractivity contribution in [2.24, 2.45) is 4.99 Å². The van der Waals surface area contributed by atoms with E-state index in [9.17, 15) is 9.90 Å². The summed E-state index contributed by atoms with van der Waals surface area (Å²) in [7, 11) is 5.71. The number of aryl methyl sites for hydroxylation is 1. The maximum absolute atomic E-state index is 12.7. The first-order chi connectivity index (χ1) is 12.1. The average molecular weight is 335 g/mol. The monoisotopic (exact) mass is 335 g/mol. The minimum atomic E-state index is -0.346. The number of aromatic nitrogens is 3. The van der Waals surface area contributed by atoms with Gasteiger partial charge in [0.25, 0.3) is 5.56 Å². The maximum Gasteiger partial charge on any atom is 0.287 e. The second kappa shape index (κ2) is 6.94. The molecule has 25 heavy (non-hydrogen) atoms. The van der Waals surface area contributed by atoms with Crippen LogP contribution in [0.3, 0.4) is 0 Å². The van der Waals surface area contributed by atoms with Gasteiger partial charge >= 0.3 is 0 Å². The molecule has 3 rings (SSSR count). The SMILES string of the molecule is [B]CN(CCO)c1nc2[nH]c(-c3ccc(C)cc3)cn2c(=O)c1N=C. The largest absolute Gasteiger partial charge is 0.395 e. The Hall–Kier alpha value is -2.87. The van der Waals surface area contributed by atoms with E-state index in [0.29, 0.717) is 11.6 Å². The Bertz CT molecular complexity index is 962. The van der Waals surface area contributed by atoms with Gasteiger partial charge < -0.3 is 15.0 Å². The molecule has 2 N–H and O–H groups in total. The quantitative estimate of drug-likeness (QED) is 0.524. The van der Waals surface area contributed by atoms with Crippen LogP contribution in [0.15, 0.2) is 40.2 Å². The fourth-order valence-electron chi connectivity index (χ4n) is 2.65. The van der Waals surface area contributed by atoms with Gasteiger partial charge in [-0.1, -0.05) is 29.8 Å². The molecule has 0 amide bonds. The van der Waals surface area contributed by atoms with Crippen LogP contribution in [0.1, 0.15) is 5.56 Å². The summed E-state index contributed by atoms with van der Waals surface area (Å²) < 4.78 is 1.40. The first-order valence-electron chi connectivity index (χ1n) is 7.84. The van der Waals surface area contributed by atoms with Crippen molar-refractivity contribution in [2.75, 3.05) is 24.5 Å². The molecule has 2 heterocycles. The molecule has 0 aliphatic carbocycles. The van der Waals surface area contributed by atoms with Gasteiger partial charge in [-0.05, 0) is 25.6 Å². The Labute approximate surface area is 146 Å². The molecule has 3 aromatic rings. The van der Waals surface area contributed by atoms with Gasteiger partial charge in [-0.3, -0.25) is 9.79 Å². The lowest BCUT2D eigenvalue weighted by Gasteiger charge is -2.22. The van der Waals surface area contributed by atoms with E-state index in [-0.39, 0.29) is 30.8 Å². The van der Waals surface area contributed by atoms with E-state index in [2.05, 4.69) is 21.7 Å². The smallest absolute Gasteiger partial charge is 0.287 e. The maximum atomic E-state index is 12.7. The van der Waals surface area contributed by atoms with Crippen LogP contribution in [0.2, 0.25) is 0 Å². The molecule has 2 aromatic heterocycles. The van der Waals surface area contributed by atoms with Crippen molar-refractivity contribution >= 4 is 31.8 Å². The third-order valence-corrected chi connectivity index (χ3v) is 3.99. The molecule has 7 nitrogen and oxygen atoms in total. The van der Waals surface area contributed by atoms with Crippen molar-refractivity contribution in [3.8, 4) is 11.3 Å². The van der Waals surface area contributed by atoms with Crippen LogP contribution in [0.25, 0.3) is 17.0 Å². The number of aliphatic imine (C=N–C) groups is 1. The second-order valence-electron chi connectivity index (χ2n) is 5.64. The molecule has 1 aromatic carbocycles. The highest BCUT2D eigenvalue weighted by Gasteiger charge is 2.18. The normalized spacial score (nSPS) is 11.0. The number of aliphatic hydroxyl groups excluding tert-OH is 1. The number of fused-ring (bicyclic) bond motifs is 1. The number of aliphatic hydroxyl groups is 1. The van der Waals surface area contributed by atoms with Crippen LogP contribution in [-0.4, -0.2) is 53.6 Å². The minimum Gasteiger partial charge on any atom is -0.395 e. The van der Waals surface area contributed by atoms with Gasteiger partial charge in [0.05, 0.1) is 20.1 Å². The zero-order valence-corrected chi connectivity index (χ0v) is 13.9. The number of nitrogens with zero attached hydrogens (tertiary/aromatic N) is 4. The third kappa shape index (κ3) is 3.08. The van der Waals surface area contributed by atoms with Crippen LogP contribution in [0, 0.1) is 6.92 Å². The highest BCUT2D eigenvalue weighted by Crippen LogP contribution is 2.24. The Morgan fingerprint density at radius 3 is 2.72 bits per heavy atom. The zero-order valence-electron chi connectivity index (χ0n) is 13.9. The van der Waals surface area contributed by atoms with Crippen molar-refractivity contribution in [2.45, 2.75) is 6.92 Å². The molecule has 2 radical (unpaired) electrons. The predicted molar refractivity (Wildman–Crippen MR) is 100 cm³/mol. The number of aromatic amines is 1. The van der Waals surface area contributed by atoms with Gasteiger partial charge in [-0.25, -0.2) is 4.40 Å². The lowest BCUT2D eigenvalue weighted by atomic mass is 10.1. The molecule has 0 spiro atoms. The van der Waals surface area contributed by atoms with Crippen LogP contribution in [-0.2, 0) is 0 Å². The second-order valence-corrected chi connectivity index (χ2v) is 5.64. The molecular weight excluding hydrogens is 317 g/mol. The Kier molecular flexibility index (Phi) is 4.71. The van der Waals surface area contributed by atoms with E-state index in [1.807, 2.05) is 31.2 Å². The summed E-state index contributed by atoms with van der Waals surface area (Å²) in [4.78, 5) is 25.8. The first-order valence-corrected chi connectivity index (χ1v) is 7.84. The number of benzene rings is 1. The molecule has 0 unspecified atom stereocenters. The van der Waals surface area contributed by atoms with E-state index in [0.717, 1.165) is 16.8 Å². The molecule has 0 fully saturated rings. The van der Waals surface area contributed by atoms with E-state index < -0.39 is 0 Å². The number of H-pyrrole nitrogens is 1. The van der Waals surface area contributed by atoms with Gasteiger partial charge in [0.1, 0.15) is 0 Å². The highest BCUT2D eigenvalue weighted by molar-refractivity contribution is 6.10. The molecule has 8 heteroatoms. The standard InChI is InChI=1S/C17H18BN5O2/c1-11-3-5-12(6-4-11)13-9-23-16(25)14(19-2)15(21-17(23)20-13)22(10-18)7-8-24/h3-6,9,24H,2,7-8,10H2,1H3,(H,20,21). The van der Waals surface area contributed by atoms with E-state index in [4.69, 9.17) is 7.85 Å². The van der Waals surface area contributed by atoms with Gasteiger partial charge in [0, 0.05) is 12.7 Å². The van der Waals surface area contributed by atoms with Crippen LogP contribution >= 0.6 is 0 Å². The van der Waals surface area contributed by atoms with Crippen molar-refractivity contribution in [1.82, 2.24) is 14.4 Å². The molecule has 0 saturated heterocycles. The van der Waals surface area contributed by atoms with Crippen molar-refractivity contribution < 1.29 is 5.11 Å².